The zero-order valence-corrected chi connectivity index (χ0v) is 10.2. The van der Waals surface area contributed by atoms with E-state index in [0.717, 1.165) is 19.0 Å². The Morgan fingerprint density at radius 3 is 3.00 bits per heavy atom. The van der Waals surface area contributed by atoms with Crippen molar-refractivity contribution in [2.45, 2.75) is 19.8 Å². The van der Waals surface area contributed by atoms with Crippen LogP contribution in [-0.2, 0) is 4.79 Å². The van der Waals surface area contributed by atoms with E-state index in [2.05, 4.69) is 27.3 Å². The molecule has 1 aliphatic heterocycles. The first-order valence-corrected chi connectivity index (χ1v) is 6.40. The zero-order valence-electron chi connectivity index (χ0n) is 9.35. The van der Waals surface area contributed by atoms with Gasteiger partial charge in [-0.05, 0) is 31.8 Å². The van der Waals surface area contributed by atoms with E-state index in [1.165, 1.54) is 24.2 Å². The molecule has 1 aromatic heterocycles. The topological polar surface area (TPSA) is 58.1 Å². The van der Waals surface area contributed by atoms with Crippen LogP contribution in [0.2, 0.25) is 0 Å². The normalized spacial score (nSPS) is 18.6. The summed E-state index contributed by atoms with van der Waals surface area (Å²) >= 11 is 1.34. The second kappa shape index (κ2) is 5.36. The molecule has 0 aromatic carbocycles. The van der Waals surface area contributed by atoms with Crippen molar-refractivity contribution in [3.63, 3.8) is 0 Å². The van der Waals surface area contributed by atoms with Gasteiger partial charge in [0.25, 0.3) is 0 Å². The molecular weight excluding hydrogens is 224 g/mol. The maximum Gasteiger partial charge on any atom is 0.240 e. The minimum absolute atomic E-state index is 0.00584. The number of carbonyl (C=O) groups excluding carboxylic acids is 1. The summed E-state index contributed by atoms with van der Waals surface area (Å²) in [4.78, 5) is 13.8. The number of nitrogens with one attached hydrogen (secondary N) is 1. The van der Waals surface area contributed by atoms with E-state index in [1.54, 1.807) is 5.51 Å². The predicted octanol–water partition coefficient (Wildman–Crippen LogP) is 1.21. The number of likely N-dealkylation sites (tertiary alicyclic amines) is 1. The van der Waals surface area contributed by atoms with Crippen molar-refractivity contribution in [2.75, 3.05) is 25.0 Å². The van der Waals surface area contributed by atoms with Crippen molar-refractivity contribution in [2.24, 2.45) is 5.92 Å². The Hall–Kier alpha value is -1.01. The van der Waals surface area contributed by atoms with E-state index < -0.39 is 0 Å². The molecule has 0 atom stereocenters. The molecule has 1 saturated heterocycles. The van der Waals surface area contributed by atoms with E-state index in [1.807, 2.05) is 0 Å². The molecule has 1 fully saturated rings. The number of nitrogens with zero attached hydrogens (tertiary/aromatic N) is 3. The van der Waals surface area contributed by atoms with E-state index in [0.29, 0.717) is 11.7 Å². The summed E-state index contributed by atoms with van der Waals surface area (Å²) in [7, 11) is 0. The number of anilines is 1. The molecule has 0 unspecified atom stereocenters. The van der Waals surface area contributed by atoms with Gasteiger partial charge >= 0.3 is 0 Å². The average Bonchev–Trinajstić information content (AvgIpc) is 2.74. The third-order valence-corrected chi connectivity index (χ3v) is 3.46. The van der Waals surface area contributed by atoms with Gasteiger partial charge in [-0.1, -0.05) is 18.3 Å². The van der Waals surface area contributed by atoms with Gasteiger partial charge in [0.15, 0.2) is 0 Å². The van der Waals surface area contributed by atoms with Gasteiger partial charge < -0.3 is 0 Å². The van der Waals surface area contributed by atoms with Crippen molar-refractivity contribution in [3.05, 3.63) is 5.51 Å². The van der Waals surface area contributed by atoms with E-state index in [9.17, 15) is 4.79 Å². The van der Waals surface area contributed by atoms with Crippen LogP contribution >= 0.6 is 11.3 Å². The largest absolute Gasteiger partial charge is 0.299 e. The summed E-state index contributed by atoms with van der Waals surface area (Å²) in [6, 6.07) is 0. The van der Waals surface area contributed by atoms with Crippen LogP contribution in [0.4, 0.5) is 5.13 Å². The highest BCUT2D eigenvalue weighted by Gasteiger charge is 2.18. The van der Waals surface area contributed by atoms with Crippen molar-refractivity contribution >= 4 is 22.4 Å². The number of piperidine rings is 1. The van der Waals surface area contributed by atoms with Crippen molar-refractivity contribution in [1.29, 1.82) is 0 Å². The highest BCUT2D eigenvalue weighted by Crippen LogP contribution is 2.15. The van der Waals surface area contributed by atoms with Crippen molar-refractivity contribution in [1.82, 2.24) is 15.1 Å². The lowest BCUT2D eigenvalue weighted by molar-refractivity contribution is -0.117. The molecule has 1 aromatic rings. The van der Waals surface area contributed by atoms with E-state index >= 15 is 0 Å². The number of amides is 1. The summed E-state index contributed by atoms with van der Waals surface area (Å²) in [5, 5.41) is 10.8. The van der Waals surface area contributed by atoms with Gasteiger partial charge in [-0.15, -0.1) is 10.2 Å². The molecule has 0 spiro atoms. The van der Waals surface area contributed by atoms with Crippen LogP contribution in [0.5, 0.6) is 0 Å². The SMILES string of the molecule is CC1CCN(CC(=O)Nc2nncs2)CC1. The van der Waals surface area contributed by atoms with Gasteiger partial charge in [-0.25, -0.2) is 0 Å². The molecule has 1 amide bonds. The lowest BCUT2D eigenvalue weighted by atomic mass is 9.99. The Kier molecular flexibility index (Phi) is 3.84. The predicted molar refractivity (Wildman–Crippen MR) is 63.4 cm³/mol. The van der Waals surface area contributed by atoms with Gasteiger partial charge in [-0.2, -0.15) is 0 Å². The van der Waals surface area contributed by atoms with E-state index in [4.69, 9.17) is 0 Å². The van der Waals surface area contributed by atoms with Crippen LogP contribution in [0.3, 0.4) is 0 Å². The lowest BCUT2D eigenvalue weighted by Crippen LogP contribution is -2.38. The summed E-state index contributed by atoms with van der Waals surface area (Å²) < 4.78 is 0. The molecule has 1 N–H and O–H groups in total. The number of hydrogen-bond acceptors (Lipinski definition) is 5. The van der Waals surface area contributed by atoms with Gasteiger partial charge in [-0.3, -0.25) is 15.0 Å². The number of rotatable bonds is 3. The fraction of sp³-hybridized carbons (Fsp3) is 0.700. The first-order chi connectivity index (χ1) is 7.74. The Morgan fingerprint density at radius 2 is 2.38 bits per heavy atom. The average molecular weight is 240 g/mol. The summed E-state index contributed by atoms with van der Waals surface area (Å²) in [5.41, 5.74) is 1.61. The van der Waals surface area contributed by atoms with Crippen molar-refractivity contribution < 1.29 is 4.79 Å². The summed E-state index contributed by atoms with van der Waals surface area (Å²) in [6.07, 6.45) is 2.37. The fourth-order valence-electron chi connectivity index (χ4n) is 1.81. The Balaban J connectivity index is 1.75. The minimum Gasteiger partial charge on any atom is -0.299 e. The fourth-order valence-corrected chi connectivity index (χ4v) is 2.27. The number of aromatic nitrogens is 2. The first-order valence-electron chi connectivity index (χ1n) is 5.52. The Bertz CT molecular complexity index is 333. The minimum atomic E-state index is 0.00584. The van der Waals surface area contributed by atoms with Gasteiger partial charge in [0, 0.05) is 0 Å². The zero-order chi connectivity index (χ0) is 11.4. The van der Waals surface area contributed by atoms with Crippen LogP contribution in [0.1, 0.15) is 19.8 Å². The van der Waals surface area contributed by atoms with Crippen LogP contribution in [0, 0.1) is 5.92 Å². The highest BCUT2D eigenvalue weighted by atomic mass is 32.1. The van der Waals surface area contributed by atoms with E-state index in [-0.39, 0.29) is 5.91 Å². The maximum atomic E-state index is 11.6. The molecule has 0 bridgehead atoms. The van der Waals surface area contributed by atoms with Crippen LogP contribution in [0.15, 0.2) is 5.51 Å². The lowest BCUT2D eigenvalue weighted by Gasteiger charge is -2.29. The second-order valence-corrected chi connectivity index (χ2v) is 5.08. The molecule has 88 valence electrons. The molecule has 6 heteroatoms. The molecule has 0 aliphatic carbocycles. The smallest absolute Gasteiger partial charge is 0.240 e. The highest BCUT2D eigenvalue weighted by molar-refractivity contribution is 7.13. The number of carbonyl (C=O) groups is 1. The Morgan fingerprint density at radius 1 is 1.62 bits per heavy atom. The summed E-state index contributed by atoms with van der Waals surface area (Å²) in [5.74, 6) is 0.800. The van der Waals surface area contributed by atoms with Gasteiger partial charge in [0.1, 0.15) is 5.51 Å². The molecule has 5 nitrogen and oxygen atoms in total. The molecule has 2 rings (SSSR count). The molecular formula is C10H16N4OS. The summed E-state index contributed by atoms with van der Waals surface area (Å²) in [6.45, 7) is 4.76. The second-order valence-electron chi connectivity index (χ2n) is 4.25. The molecule has 0 saturated carbocycles. The van der Waals surface area contributed by atoms with Crippen LogP contribution in [-0.4, -0.2) is 40.6 Å². The quantitative estimate of drug-likeness (QED) is 0.862. The molecule has 0 radical (unpaired) electrons. The monoisotopic (exact) mass is 240 g/mol. The van der Waals surface area contributed by atoms with Crippen molar-refractivity contribution in [3.8, 4) is 0 Å². The standard InChI is InChI=1S/C10H16N4OS/c1-8-2-4-14(5-3-8)6-9(15)12-10-13-11-7-16-10/h7-8H,2-6H2,1H3,(H,12,13,15). The molecule has 1 aliphatic rings. The first kappa shape index (κ1) is 11.5. The van der Waals surface area contributed by atoms with Gasteiger partial charge in [0.05, 0.1) is 6.54 Å². The third-order valence-electron chi connectivity index (χ3n) is 2.85. The maximum absolute atomic E-state index is 11.6. The third kappa shape index (κ3) is 3.24. The number of hydrogen-bond donors (Lipinski definition) is 1. The Labute approximate surface area is 98.9 Å². The van der Waals surface area contributed by atoms with Gasteiger partial charge in [0.2, 0.25) is 11.0 Å². The molecule has 2 heterocycles. The van der Waals surface area contributed by atoms with Crippen LogP contribution in [0.25, 0.3) is 0 Å². The molecule has 16 heavy (non-hydrogen) atoms. The van der Waals surface area contributed by atoms with Crippen LogP contribution < -0.4 is 5.32 Å².